The highest BCUT2D eigenvalue weighted by Gasteiger charge is 2.35. The van der Waals surface area contributed by atoms with Crippen molar-refractivity contribution in [3.05, 3.63) is 29.8 Å². The first kappa shape index (κ1) is 12.6. The first-order valence-corrected chi connectivity index (χ1v) is 6.00. The SMILES string of the molecule is COc1ccc(C2CCC(=O)CC2C(=O)O)cc1. The third-order valence-corrected chi connectivity index (χ3v) is 3.53. The van der Waals surface area contributed by atoms with E-state index in [1.165, 1.54) is 0 Å². The van der Waals surface area contributed by atoms with Crippen LogP contribution in [0.1, 0.15) is 30.7 Å². The molecule has 0 spiro atoms. The third kappa shape index (κ3) is 2.53. The second kappa shape index (κ2) is 5.21. The van der Waals surface area contributed by atoms with Gasteiger partial charge < -0.3 is 9.84 Å². The summed E-state index contributed by atoms with van der Waals surface area (Å²) in [6, 6.07) is 7.42. The van der Waals surface area contributed by atoms with Crippen LogP contribution in [0.5, 0.6) is 5.75 Å². The zero-order chi connectivity index (χ0) is 13.1. The monoisotopic (exact) mass is 248 g/mol. The Morgan fingerprint density at radius 2 is 2.00 bits per heavy atom. The molecule has 4 nitrogen and oxygen atoms in total. The van der Waals surface area contributed by atoms with Gasteiger partial charge in [-0.2, -0.15) is 0 Å². The van der Waals surface area contributed by atoms with Gasteiger partial charge in [0.25, 0.3) is 0 Å². The number of ketones is 1. The number of carboxylic acids is 1. The van der Waals surface area contributed by atoms with Gasteiger partial charge in [-0.3, -0.25) is 9.59 Å². The number of ether oxygens (including phenoxy) is 1. The summed E-state index contributed by atoms with van der Waals surface area (Å²) in [5.74, 6) is -0.765. The van der Waals surface area contributed by atoms with Crippen LogP contribution < -0.4 is 4.74 Å². The summed E-state index contributed by atoms with van der Waals surface area (Å²) < 4.78 is 5.08. The molecule has 0 aromatic heterocycles. The van der Waals surface area contributed by atoms with Gasteiger partial charge in [-0.05, 0) is 30.0 Å². The predicted molar refractivity (Wildman–Crippen MR) is 65.7 cm³/mol. The second-order valence-corrected chi connectivity index (χ2v) is 4.61. The number of carbonyl (C=O) groups excluding carboxylic acids is 1. The van der Waals surface area contributed by atoms with Crippen molar-refractivity contribution < 1.29 is 19.4 Å². The molecule has 1 aliphatic rings. The summed E-state index contributed by atoms with van der Waals surface area (Å²) >= 11 is 0. The summed E-state index contributed by atoms with van der Waals surface area (Å²) in [4.78, 5) is 22.6. The molecule has 1 aromatic rings. The van der Waals surface area contributed by atoms with Crippen molar-refractivity contribution in [2.24, 2.45) is 5.92 Å². The van der Waals surface area contributed by atoms with E-state index in [1.54, 1.807) is 7.11 Å². The van der Waals surface area contributed by atoms with Crippen molar-refractivity contribution in [2.45, 2.75) is 25.2 Å². The largest absolute Gasteiger partial charge is 0.497 e. The van der Waals surface area contributed by atoms with E-state index in [0.29, 0.717) is 12.8 Å². The van der Waals surface area contributed by atoms with Crippen molar-refractivity contribution in [3.8, 4) is 5.75 Å². The molecule has 2 unspecified atom stereocenters. The fourth-order valence-electron chi connectivity index (χ4n) is 2.52. The van der Waals surface area contributed by atoms with Crippen molar-refractivity contribution in [2.75, 3.05) is 7.11 Å². The van der Waals surface area contributed by atoms with E-state index in [4.69, 9.17) is 4.74 Å². The molecule has 96 valence electrons. The van der Waals surface area contributed by atoms with E-state index in [9.17, 15) is 14.7 Å². The minimum Gasteiger partial charge on any atom is -0.497 e. The number of hydrogen-bond acceptors (Lipinski definition) is 3. The molecule has 1 saturated carbocycles. The molecule has 0 amide bonds. The predicted octanol–water partition coefficient (Wildman–Crippen LogP) is 2.23. The van der Waals surface area contributed by atoms with E-state index in [2.05, 4.69) is 0 Å². The van der Waals surface area contributed by atoms with Crippen LogP contribution in [0.4, 0.5) is 0 Å². The first-order valence-electron chi connectivity index (χ1n) is 6.00. The van der Waals surface area contributed by atoms with Gasteiger partial charge in [-0.25, -0.2) is 0 Å². The number of carboxylic acid groups (broad SMARTS) is 1. The summed E-state index contributed by atoms with van der Waals surface area (Å²) in [5.41, 5.74) is 0.968. The highest BCUT2D eigenvalue weighted by Crippen LogP contribution is 2.37. The van der Waals surface area contributed by atoms with Gasteiger partial charge in [0.15, 0.2) is 0 Å². The minimum absolute atomic E-state index is 0.0483. The minimum atomic E-state index is -0.885. The van der Waals surface area contributed by atoms with E-state index in [-0.39, 0.29) is 18.1 Å². The highest BCUT2D eigenvalue weighted by atomic mass is 16.5. The van der Waals surface area contributed by atoms with Crippen LogP contribution >= 0.6 is 0 Å². The van der Waals surface area contributed by atoms with Gasteiger partial charge in [0, 0.05) is 12.8 Å². The Morgan fingerprint density at radius 1 is 1.33 bits per heavy atom. The number of Topliss-reactive ketones (excluding diaryl/α,β-unsaturated/α-hetero) is 1. The highest BCUT2D eigenvalue weighted by molar-refractivity contribution is 5.86. The molecule has 0 bridgehead atoms. The molecule has 0 heterocycles. The van der Waals surface area contributed by atoms with Crippen LogP contribution in [0, 0.1) is 5.92 Å². The number of rotatable bonds is 3. The Bertz CT molecular complexity index is 449. The lowest BCUT2D eigenvalue weighted by atomic mass is 9.75. The Hall–Kier alpha value is -1.84. The van der Waals surface area contributed by atoms with E-state index in [0.717, 1.165) is 11.3 Å². The van der Waals surface area contributed by atoms with E-state index >= 15 is 0 Å². The summed E-state index contributed by atoms with van der Waals surface area (Å²) in [5, 5.41) is 9.21. The molecule has 1 aromatic carbocycles. The first-order chi connectivity index (χ1) is 8.61. The molecule has 4 heteroatoms. The Labute approximate surface area is 106 Å². The standard InChI is InChI=1S/C14H16O4/c1-18-11-5-2-9(3-6-11)12-7-4-10(15)8-13(12)14(16)17/h2-3,5-6,12-13H,4,7-8H2,1H3,(H,16,17). The van der Waals surface area contributed by atoms with Crippen molar-refractivity contribution >= 4 is 11.8 Å². The van der Waals surface area contributed by atoms with Crippen LogP contribution in [0.3, 0.4) is 0 Å². The normalized spacial score (nSPS) is 23.7. The molecular formula is C14H16O4. The van der Waals surface area contributed by atoms with Gasteiger partial charge in [-0.15, -0.1) is 0 Å². The number of methoxy groups -OCH3 is 1. The van der Waals surface area contributed by atoms with Crippen LogP contribution in [0.2, 0.25) is 0 Å². The molecular weight excluding hydrogens is 232 g/mol. The van der Waals surface area contributed by atoms with Crippen molar-refractivity contribution in [1.82, 2.24) is 0 Å². The molecule has 2 atom stereocenters. The lowest BCUT2D eigenvalue weighted by Crippen LogP contribution is -2.29. The van der Waals surface area contributed by atoms with Crippen LogP contribution in [0.15, 0.2) is 24.3 Å². The van der Waals surface area contributed by atoms with Gasteiger partial charge in [0.05, 0.1) is 13.0 Å². The van der Waals surface area contributed by atoms with Gasteiger partial charge in [0.1, 0.15) is 11.5 Å². The lowest BCUT2D eigenvalue weighted by molar-refractivity contribution is -0.146. The van der Waals surface area contributed by atoms with Crippen LogP contribution in [0.25, 0.3) is 0 Å². The van der Waals surface area contributed by atoms with E-state index < -0.39 is 11.9 Å². The zero-order valence-corrected chi connectivity index (χ0v) is 10.3. The summed E-state index contributed by atoms with van der Waals surface area (Å²) in [7, 11) is 1.59. The molecule has 18 heavy (non-hydrogen) atoms. The molecule has 0 saturated heterocycles. The van der Waals surface area contributed by atoms with Crippen LogP contribution in [-0.2, 0) is 9.59 Å². The van der Waals surface area contributed by atoms with Gasteiger partial charge in [0.2, 0.25) is 0 Å². The molecule has 0 aliphatic heterocycles. The maximum absolute atomic E-state index is 11.4. The Balaban J connectivity index is 2.23. The quantitative estimate of drug-likeness (QED) is 0.891. The summed E-state index contributed by atoms with van der Waals surface area (Å²) in [6.45, 7) is 0. The van der Waals surface area contributed by atoms with Crippen molar-refractivity contribution in [1.29, 1.82) is 0 Å². The molecule has 0 radical (unpaired) electrons. The molecule has 2 rings (SSSR count). The third-order valence-electron chi connectivity index (χ3n) is 3.53. The molecule has 1 fully saturated rings. The summed E-state index contributed by atoms with van der Waals surface area (Å²) in [6.07, 6.45) is 1.23. The average molecular weight is 248 g/mol. The second-order valence-electron chi connectivity index (χ2n) is 4.61. The number of aliphatic carboxylic acids is 1. The van der Waals surface area contributed by atoms with Gasteiger partial charge >= 0.3 is 5.97 Å². The maximum Gasteiger partial charge on any atom is 0.307 e. The topological polar surface area (TPSA) is 63.6 Å². The maximum atomic E-state index is 11.4. The smallest absolute Gasteiger partial charge is 0.307 e. The number of carbonyl (C=O) groups is 2. The van der Waals surface area contributed by atoms with Crippen molar-refractivity contribution in [3.63, 3.8) is 0 Å². The van der Waals surface area contributed by atoms with Crippen LogP contribution in [-0.4, -0.2) is 24.0 Å². The average Bonchev–Trinajstić information content (AvgIpc) is 2.39. The fraction of sp³-hybridized carbons (Fsp3) is 0.429. The Kier molecular flexibility index (Phi) is 3.65. The molecule has 1 N–H and O–H groups in total. The molecule has 1 aliphatic carbocycles. The zero-order valence-electron chi connectivity index (χ0n) is 10.3. The number of benzene rings is 1. The van der Waals surface area contributed by atoms with Gasteiger partial charge in [-0.1, -0.05) is 12.1 Å². The number of hydrogen-bond donors (Lipinski definition) is 1. The van der Waals surface area contributed by atoms with E-state index in [1.807, 2.05) is 24.3 Å². The fourth-order valence-corrected chi connectivity index (χ4v) is 2.52. The lowest BCUT2D eigenvalue weighted by Gasteiger charge is -2.28. The Morgan fingerprint density at radius 3 is 2.56 bits per heavy atom.